The number of hydrogen-bond acceptors (Lipinski definition) is 3. The molecule has 0 saturated heterocycles. The third-order valence-electron chi connectivity index (χ3n) is 4.09. The lowest BCUT2D eigenvalue weighted by atomic mass is 9.84. The van der Waals surface area contributed by atoms with E-state index in [2.05, 4.69) is 6.58 Å². The van der Waals surface area contributed by atoms with Gasteiger partial charge in [0.15, 0.2) is 5.78 Å². The molecule has 0 spiro atoms. The zero-order valence-electron chi connectivity index (χ0n) is 14.5. The van der Waals surface area contributed by atoms with Crippen LogP contribution in [-0.2, 0) is 5.41 Å². The zero-order valence-corrected chi connectivity index (χ0v) is 15.3. The van der Waals surface area contributed by atoms with Gasteiger partial charge in [-0.3, -0.25) is 4.79 Å². The first-order valence-corrected chi connectivity index (χ1v) is 8.19. The summed E-state index contributed by atoms with van der Waals surface area (Å²) < 4.78 is 5.38. The van der Waals surface area contributed by atoms with Gasteiger partial charge >= 0.3 is 0 Å². The van der Waals surface area contributed by atoms with E-state index >= 15 is 0 Å². The molecule has 2 rings (SSSR count). The summed E-state index contributed by atoms with van der Waals surface area (Å²) in [7, 11) is 1.56. The lowest BCUT2D eigenvalue weighted by molar-refractivity contribution is 0.104. The van der Waals surface area contributed by atoms with Crippen LogP contribution in [0.25, 0.3) is 6.08 Å². The highest BCUT2D eigenvalue weighted by atomic mass is 35.5. The number of rotatable bonds is 6. The maximum absolute atomic E-state index is 12.3. The number of ether oxygens (including phenoxy) is 1. The quantitative estimate of drug-likeness (QED) is 0.427. The largest absolute Gasteiger partial charge is 0.508 e. The van der Waals surface area contributed by atoms with E-state index < -0.39 is 0 Å². The van der Waals surface area contributed by atoms with Gasteiger partial charge in [-0.15, -0.1) is 6.58 Å². The summed E-state index contributed by atoms with van der Waals surface area (Å²) >= 11 is 6.37. The van der Waals surface area contributed by atoms with Crippen LogP contribution < -0.4 is 4.74 Å². The number of carbonyl (C=O) groups is 1. The minimum atomic E-state index is -0.313. The maximum atomic E-state index is 12.3. The Morgan fingerprint density at radius 2 is 1.88 bits per heavy atom. The summed E-state index contributed by atoms with van der Waals surface area (Å²) in [6, 6.07) is 9.76. The summed E-state index contributed by atoms with van der Waals surface area (Å²) in [5.41, 5.74) is 1.84. The summed E-state index contributed by atoms with van der Waals surface area (Å²) in [6.45, 7) is 7.89. The van der Waals surface area contributed by atoms with Gasteiger partial charge in [0.1, 0.15) is 11.5 Å². The second kappa shape index (κ2) is 7.58. The fraction of sp³-hybridized carbons (Fsp3) is 0.190. The van der Waals surface area contributed by atoms with E-state index in [-0.39, 0.29) is 16.9 Å². The van der Waals surface area contributed by atoms with Gasteiger partial charge in [0, 0.05) is 21.6 Å². The lowest BCUT2D eigenvalue weighted by Gasteiger charge is -2.23. The number of phenols is 1. The van der Waals surface area contributed by atoms with Crippen LogP contribution in [0.1, 0.15) is 35.3 Å². The molecule has 1 N–H and O–H groups in total. The number of phenolic OH excluding ortho intramolecular Hbond substituents is 1. The number of aromatic hydroxyl groups is 1. The number of methoxy groups -OCH3 is 1. The standard InChI is InChI=1S/C21H21ClO3/c1-5-21(2,3)17-12-15(20(25-4)13-18(17)22)8-11-19(24)14-6-9-16(23)10-7-14/h5-13,23H,1H2,2-4H3/b11-8+. The Hall–Kier alpha value is -2.52. The maximum Gasteiger partial charge on any atom is 0.185 e. The van der Waals surface area contributed by atoms with Crippen LogP contribution >= 0.6 is 11.6 Å². The molecule has 0 aromatic heterocycles. The summed E-state index contributed by atoms with van der Waals surface area (Å²) in [4.78, 5) is 12.3. The van der Waals surface area contributed by atoms with E-state index in [1.54, 1.807) is 31.4 Å². The molecular formula is C21H21ClO3. The Kier molecular flexibility index (Phi) is 5.70. The molecule has 0 fully saturated rings. The molecule has 2 aromatic carbocycles. The van der Waals surface area contributed by atoms with Crippen LogP contribution in [0.5, 0.6) is 11.5 Å². The molecule has 0 saturated carbocycles. The van der Waals surface area contributed by atoms with Crippen molar-refractivity contribution in [3.8, 4) is 11.5 Å². The van der Waals surface area contributed by atoms with Gasteiger partial charge in [-0.2, -0.15) is 0 Å². The summed E-state index contributed by atoms with van der Waals surface area (Å²) in [5.74, 6) is 0.543. The molecule has 0 amide bonds. The first-order chi connectivity index (χ1) is 11.8. The van der Waals surface area contributed by atoms with Crippen molar-refractivity contribution >= 4 is 23.5 Å². The van der Waals surface area contributed by atoms with Crippen molar-refractivity contribution in [1.82, 2.24) is 0 Å². The molecular weight excluding hydrogens is 336 g/mol. The number of allylic oxidation sites excluding steroid dienone is 2. The van der Waals surface area contributed by atoms with Gasteiger partial charge < -0.3 is 9.84 Å². The molecule has 130 valence electrons. The van der Waals surface area contributed by atoms with Gasteiger partial charge in [0.25, 0.3) is 0 Å². The second-order valence-corrected chi connectivity index (χ2v) is 6.65. The molecule has 0 unspecified atom stereocenters. The Balaban J connectivity index is 2.40. The molecule has 0 atom stereocenters. The minimum absolute atomic E-state index is 0.121. The van der Waals surface area contributed by atoms with E-state index in [4.69, 9.17) is 16.3 Å². The fourth-order valence-corrected chi connectivity index (χ4v) is 2.77. The van der Waals surface area contributed by atoms with Crippen LogP contribution in [0, 0.1) is 0 Å². The molecule has 0 heterocycles. The first-order valence-electron chi connectivity index (χ1n) is 7.81. The zero-order chi connectivity index (χ0) is 18.6. The van der Waals surface area contributed by atoms with Crippen molar-refractivity contribution in [1.29, 1.82) is 0 Å². The van der Waals surface area contributed by atoms with Crippen molar-refractivity contribution in [2.24, 2.45) is 0 Å². The molecule has 2 aromatic rings. The topological polar surface area (TPSA) is 46.5 Å². The van der Waals surface area contributed by atoms with Gasteiger partial charge in [-0.25, -0.2) is 0 Å². The van der Waals surface area contributed by atoms with Crippen molar-refractivity contribution < 1.29 is 14.6 Å². The molecule has 25 heavy (non-hydrogen) atoms. The molecule has 0 aliphatic heterocycles. The van der Waals surface area contributed by atoms with Crippen LogP contribution in [0.2, 0.25) is 5.02 Å². The first kappa shape index (κ1) is 18.8. The fourth-order valence-electron chi connectivity index (χ4n) is 2.37. The van der Waals surface area contributed by atoms with Crippen molar-refractivity contribution in [3.63, 3.8) is 0 Å². The highest BCUT2D eigenvalue weighted by molar-refractivity contribution is 6.31. The molecule has 0 aliphatic rings. The number of hydrogen-bond donors (Lipinski definition) is 1. The van der Waals surface area contributed by atoms with Gasteiger partial charge in [-0.1, -0.05) is 31.5 Å². The van der Waals surface area contributed by atoms with Gasteiger partial charge in [-0.05, 0) is 54.1 Å². The molecule has 3 nitrogen and oxygen atoms in total. The van der Waals surface area contributed by atoms with E-state index in [0.29, 0.717) is 16.3 Å². The van der Waals surface area contributed by atoms with Crippen molar-refractivity contribution in [3.05, 3.63) is 76.8 Å². The van der Waals surface area contributed by atoms with Crippen LogP contribution in [0.15, 0.2) is 55.1 Å². The lowest BCUT2D eigenvalue weighted by Crippen LogP contribution is -2.14. The van der Waals surface area contributed by atoms with Crippen molar-refractivity contribution in [2.45, 2.75) is 19.3 Å². The van der Waals surface area contributed by atoms with E-state index in [9.17, 15) is 9.90 Å². The van der Waals surface area contributed by atoms with E-state index in [1.807, 2.05) is 26.0 Å². The predicted molar refractivity (Wildman–Crippen MR) is 103 cm³/mol. The third-order valence-corrected chi connectivity index (χ3v) is 4.40. The summed E-state index contributed by atoms with van der Waals surface area (Å²) in [6.07, 6.45) is 5.01. The Morgan fingerprint density at radius 3 is 2.44 bits per heavy atom. The van der Waals surface area contributed by atoms with Gasteiger partial charge in [0.05, 0.1) is 7.11 Å². The van der Waals surface area contributed by atoms with E-state index in [1.165, 1.54) is 18.2 Å². The predicted octanol–water partition coefficient (Wildman–Crippen LogP) is 5.41. The van der Waals surface area contributed by atoms with Crippen molar-refractivity contribution in [2.75, 3.05) is 7.11 Å². The number of halogens is 1. The van der Waals surface area contributed by atoms with Crippen LogP contribution in [0.4, 0.5) is 0 Å². The normalized spacial score (nSPS) is 11.5. The average Bonchev–Trinajstić information content (AvgIpc) is 2.60. The molecule has 4 heteroatoms. The highest BCUT2D eigenvalue weighted by Gasteiger charge is 2.21. The molecule has 0 bridgehead atoms. The Labute approximate surface area is 153 Å². The second-order valence-electron chi connectivity index (χ2n) is 6.24. The SMILES string of the molecule is C=CC(C)(C)c1cc(/C=C/C(=O)c2ccc(O)cc2)c(OC)cc1Cl. The average molecular weight is 357 g/mol. The minimum Gasteiger partial charge on any atom is -0.508 e. The van der Waals surface area contributed by atoms with Gasteiger partial charge in [0.2, 0.25) is 0 Å². The van der Waals surface area contributed by atoms with Crippen LogP contribution in [-0.4, -0.2) is 18.0 Å². The van der Waals surface area contributed by atoms with Crippen LogP contribution in [0.3, 0.4) is 0 Å². The number of carbonyl (C=O) groups excluding carboxylic acids is 1. The monoisotopic (exact) mass is 356 g/mol. The Bertz CT molecular complexity index is 818. The molecule has 0 aliphatic carbocycles. The smallest absolute Gasteiger partial charge is 0.185 e. The number of ketones is 1. The highest BCUT2D eigenvalue weighted by Crippen LogP contribution is 2.36. The third kappa shape index (κ3) is 4.31. The Morgan fingerprint density at radius 1 is 1.24 bits per heavy atom. The number of benzene rings is 2. The van der Waals surface area contributed by atoms with E-state index in [0.717, 1.165) is 11.1 Å². The molecule has 0 radical (unpaired) electrons. The summed E-state index contributed by atoms with van der Waals surface area (Å²) in [5, 5.41) is 9.89.